The molecule has 1 aromatic heterocycles. The van der Waals surface area contributed by atoms with Crippen molar-refractivity contribution in [1.82, 2.24) is 10.2 Å². The molecule has 7 heteroatoms. The van der Waals surface area contributed by atoms with E-state index in [9.17, 15) is 8.42 Å². The fraction of sp³-hybridized carbons (Fsp3) is 0.333. The van der Waals surface area contributed by atoms with E-state index in [1.54, 1.807) is 25.3 Å². The smallest absolute Gasteiger partial charge is 0.238 e. The highest BCUT2D eigenvalue weighted by atomic mass is 32.2. The van der Waals surface area contributed by atoms with Crippen LogP contribution >= 0.6 is 0 Å². The van der Waals surface area contributed by atoms with Crippen LogP contribution in [0.2, 0.25) is 0 Å². The van der Waals surface area contributed by atoms with Crippen molar-refractivity contribution in [3.05, 3.63) is 53.8 Å². The lowest BCUT2D eigenvalue weighted by atomic mass is 9.97. The number of likely N-dealkylation sites (tertiary alicyclic amines) is 1. The van der Waals surface area contributed by atoms with E-state index < -0.39 is 10.0 Å². The van der Waals surface area contributed by atoms with Crippen LogP contribution in [-0.4, -0.2) is 38.5 Å². The fourth-order valence-corrected chi connectivity index (χ4v) is 5.53. The van der Waals surface area contributed by atoms with Crippen molar-refractivity contribution in [1.29, 1.82) is 0 Å². The maximum atomic E-state index is 11.9. The van der Waals surface area contributed by atoms with E-state index in [-0.39, 0.29) is 4.90 Å². The van der Waals surface area contributed by atoms with E-state index in [2.05, 4.69) is 22.3 Å². The maximum Gasteiger partial charge on any atom is 0.238 e. The Morgan fingerprint density at radius 2 is 2.14 bits per heavy atom. The first-order valence-electron chi connectivity index (χ1n) is 9.50. The number of nitrogens with two attached hydrogens (primary N) is 1. The summed E-state index contributed by atoms with van der Waals surface area (Å²) in [5.74, 6) is 0. The molecule has 2 saturated heterocycles. The van der Waals surface area contributed by atoms with Crippen molar-refractivity contribution in [3.63, 3.8) is 0 Å². The summed E-state index contributed by atoms with van der Waals surface area (Å²) in [7, 11) is -3.76. The third kappa shape index (κ3) is 2.95. The van der Waals surface area contributed by atoms with Crippen LogP contribution in [0.1, 0.15) is 17.5 Å². The van der Waals surface area contributed by atoms with Crippen molar-refractivity contribution >= 4 is 21.0 Å². The molecule has 0 aliphatic carbocycles. The number of hydrogen-bond acceptors (Lipinski definition) is 5. The first kappa shape index (κ1) is 17.9. The zero-order valence-corrected chi connectivity index (χ0v) is 16.5. The van der Waals surface area contributed by atoms with Gasteiger partial charge in [0.15, 0.2) is 0 Å². The summed E-state index contributed by atoms with van der Waals surface area (Å²) in [5, 5.41) is 9.96. The predicted octanol–water partition coefficient (Wildman–Crippen LogP) is 2.60. The molecule has 0 unspecified atom stereocenters. The second-order valence-electron chi connectivity index (χ2n) is 7.87. The molecular weight excluding hydrogens is 374 g/mol. The van der Waals surface area contributed by atoms with Crippen LogP contribution < -0.4 is 10.5 Å². The van der Waals surface area contributed by atoms with Crippen molar-refractivity contribution in [2.45, 2.75) is 36.9 Å². The molecule has 2 fully saturated rings. The van der Waals surface area contributed by atoms with E-state index in [1.807, 2.05) is 12.1 Å². The third-order valence-corrected chi connectivity index (χ3v) is 7.13. The van der Waals surface area contributed by atoms with Gasteiger partial charge < -0.3 is 9.73 Å². The summed E-state index contributed by atoms with van der Waals surface area (Å²) in [6.07, 6.45) is 2.92. The fourth-order valence-electron chi connectivity index (χ4n) is 4.72. The molecule has 0 spiro atoms. The van der Waals surface area contributed by atoms with Gasteiger partial charge in [0.2, 0.25) is 10.0 Å². The van der Waals surface area contributed by atoms with Crippen LogP contribution in [0.25, 0.3) is 22.1 Å². The van der Waals surface area contributed by atoms with Gasteiger partial charge in [-0.2, -0.15) is 0 Å². The molecule has 3 N–H and O–H groups in total. The van der Waals surface area contributed by atoms with Crippen LogP contribution in [0.5, 0.6) is 0 Å². The van der Waals surface area contributed by atoms with Gasteiger partial charge in [-0.1, -0.05) is 12.1 Å². The van der Waals surface area contributed by atoms with Gasteiger partial charge >= 0.3 is 0 Å². The monoisotopic (exact) mass is 397 g/mol. The molecule has 3 heterocycles. The quantitative estimate of drug-likeness (QED) is 0.706. The van der Waals surface area contributed by atoms with Crippen LogP contribution in [0, 0.1) is 6.92 Å². The van der Waals surface area contributed by atoms with Gasteiger partial charge in [-0.05, 0) is 54.3 Å². The van der Waals surface area contributed by atoms with Crippen LogP contribution in [-0.2, 0) is 16.6 Å². The number of fused-ring (bicyclic) bond motifs is 3. The molecule has 0 radical (unpaired) electrons. The minimum atomic E-state index is -3.76. The van der Waals surface area contributed by atoms with Gasteiger partial charge in [-0.15, -0.1) is 0 Å². The summed E-state index contributed by atoms with van der Waals surface area (Å²) >= 11 is 0. The molecule has 146 valence electrons. The van der Waals surface area contributed by atoms with Gasteiger partial charge in [-0.25, -0.2) is 13.6 Å². The van der Waals surface area contributed by atoms with E-state index in [4.69, 9.17) is 9.56 Å². The molecule has 2 aromatic carbocycles. The van der Waals surface area contributed by atoms with Crippen LogP contribution in [0.15, 0.2) is 52.0 Å². The van der Waals surface area contributed by atoms with Gasteiger partial charge in [0.05, 0.1) is 11.2 Å². The summed E-state index contributed by atoms with van der Waals surface area (Å²) in [6.45, 7) is 4.73. The standard InChI is InChI=1S/C21H23N3O3S/c1-13-19(3-2-4-20(13)28(22,25)26)15-7-14-5-6-27-21(14)16(8-15)11-24-12-17-9-18(24)10-23-17/h2-8,17-18,23H,9-12H2,1H3,(H2,22,25,26)/t17-,18-/m0/s1. The second kappa shape index (κ2) is 6.42. The lowest BCUT2D eigenvalue weighted by Gasteiger charge is -2.27. The van der Waals surface area contributed by atoms with E-state index >= 15 is 0 Å². The largest absolute Gasteiger partial charge is 0.464 e. The highest BCUT2D eigenvalue weighted by molar-refractivity contribution is 7.89. The molecule has 0 amide bonds. The SMILES string of the molecule is Cc1c(-c2cc(CN3C[C@@H]4C[C@H]3CN4)c3occc3c2)cccc1S(N)(=O)=O. The molecular formula is C21H23N3O3S. The average molecular weight is 398 g/mol. The highest BCUT2D eigenvalue weighted by Gasteiger charge is 2.37. The molecule has 6 nitrogen and oxygen atoms in total. The lowest BCUT2D eigenvalue weighted by molar-refractivity contribution is 0.218. The Morgan fingerprint density at radius 3 is 2.86 bits per heavy atom. The highest BCUT2D eigenvalue weighted by Crippen LogP contribution is 2.34. The first-order chi connectivity index (χ1) is 13.4. The summed E-state index contributed by atoms with van der Waals surface area (Å²) in [6, 6.07) is 12.5. The Balaban J connectivity index is 1.60. The van der Waals surface area contributed by atoms with E-state index in [0.717, 1.165) is 47.3 Å². The Hall–Kier alpha value is -2.19. The van der Waals surface area contributed by atoms with Gasteiger partial charge in [0.1, 0.15) is 5.58 Å². The lowest BCUT2D eigenvalue weighted by Crippen LogP contribution is -2.42. The predicted molar refractivity (Wildman–Crippen MR) is 108 cm³/mol. The molecule has 0 saturated carbocycles. The molecule has 2 bridgehead atoms. The van der Waals surface area contributed by atoms with Gasteiger partial charge in [0.25, 0.3) is 0 Å². The zero-order valence-electron chi connectivity index (χ0n) is 15.7. The number of piperazine rings is 1. The van der Waals surface area contributed by atoms with Crippen molar-refractivity contribution < 1.29 is 12.8 Å². The zero-order chi connectivity index (χ0) is 19.5. The summed E-state index contributed by atoms with van der Waals surface area (Å²) in [4.78, 5) is 2.68. The van der Waals surface area contributed by atoms with Gasteiger partial charge in [0, 0.05) is 42.7 Å². The molecule has 2 aliphatic heterocycles. The topological polar surface area (TPSA) is 88.6 Å². The normalized spacial score (nSPS) is 22.4. The number of primary sulfonamides is 1. The number of benzene rings is 2. The van der Waals surface area contributed by atoms with Crippen molar-refractivity contribution in [2.75, 3.05) is 13.1 Å². The number of nitrogens with one attached hydrogen (secondary N) is 1. The maximum absolute atomic E-state index is 11.9. The number of nitrogens with zero attached hydrogens (tertiary/aromatic N) is 1. The molecule has 2 atom stereocenters. The number of furan rings is 1. The first-order valence-corrected chi connectivity index (χ1v) is 11.0. The Labute approximate surface area is 164 Å². The number of rotatable bonds is 4. The third-order valence-electron chi connectivity index (χ3n) is 6.07. The Bertz CT molecular complexity index is 1170. The minimum absolute atomic E-state index is 0.168. The van der Waals surface area contributed by atoms with Crippen LogP contribution in [0.3, 0.4) is 0 Å². The second-order valence-corrected chi connectivity index (χ2v) is 9.40. The summed E-state index contributed by atoms with van der Waals surface area (Å²) in [5.41, 5.74) is 4.56. The number of sulfonamides is 1. The molecule has 3 aromatic rings. The summed E-state index contributed by atoms with van der Waals surface area (Å²) < 4.78 is 29.6. The molecule has 2 aliphatic rings. The van der Waals surface area contributed by atoms with E-state index in [1.165, 1.54) is 6.42 Å². The molecule has 28 heavy (non-hydrogen) atoms. The van der Waals surface area contributed by atoms with Gasteiger partial charge in [-0.3, -0.25) is 4.90 Å². The Morgan fingerprint density at radius 1 is 1.29 bits per heavy atom. The van der Waals surface area contributed by atoms with Crippen LogP contribution in [0.4, 0.5) is 0 Å². The minimum Gasteiger partial charge on any atom is -0.464 e. The van der Waals surface area contributed by atoms with E-state index in [0.29, 0.717) is 17.6 Å². The Kier molecular flexibility index (Phi) is 4.10. The van der Waals surface area contributed by atoms with Crippen molar-refractivity contribution in [3.8, 4) is 11.1 Å². The van der Waals surface area contributed by atoms with Crippen molar-refractivity contribution in [2.24, 2.45) is 5.14 Å². The average Bonchev–Trinajstić information content (AvgIpc) is 3.37. The molecule has 5 rings (SSSR count). The number of hydrogen-bond donors (Lipinski definition) is 2.